The number of benzene rings is 3. The Morgan fingerprint density at radius 1 is 0.889 bits per heavy atom. The lowest BCUT2D eigenvalue weighted by Gasteiger charge is -2.07. The number of hydrogen-bond donors (Lipinski definition) is 1. The van der Waals surface area contributed by atoms with Crippen molar-refractivity contribution in [3.63, 3.8) is 0 Å². The van der Waals surface area contributed by atoms with Crippen LogP contribution in [0.25, 0.3) is 23.1 Å². The summed E-state index contributed by atoms with van der Waals surface area (Å²) in [7, 11) is 0. The lowest BCUT2D eigenvalue weighted by molar-refractivity contribution is 0.306. The molecule has 0 saturated heterocycles. The molecular formula is C23H18N2O2. The van der Waals surface area contributed by atoms with Gasteiger partial charge in [-0.3, -0.25) is 4.79 Å². The maximum Gasteiger partial charge on any atom is 0.259 e. The molecule has 0 aliphatic heterocycles. The lowest BCUT2D eigenvalue weighted by atomic mass is 10.2. The third kappa shape index (κ3) is 4.12. The first-order valence-electron chi connectivity index (χ1n) is 8.72. The Morgan fingerprint density at radius 3 is 2.59 bits per heavy atom. The highest BCUT2D eigenvalue weighted by atomic mass is 16.5. The van der Waals surface area contributed by atoms with Crippen LogP contribution in [-0.2, 0) is 6.61 Å². The molecule has 0 unspecified atom stereocenters. The Kier molecular flexibility index (Phi) is 4.79. The molecule has 1 aromatic heterocycles. The van der Waals surface area contributed by atoms with Crippen molar-refractivity contribution in [1.82, 2.24) is 9.97 Å². The topological polar surface area (TPSA) is 55.0 Å². The molecule has 0 aliphatic rings. The molecule has 27 heavy (non-hydrogen) atoms. The number of nitrogens with zero attached hydrogens (tertiary/aromatic N) is 1. The van der Waals surface area contributed by atoms with Crippen LogP contribution in [0.2, 0.25) is 0 Å². The number of ether oxygens (including phenoxy) is 1. The number of aromatic amines is 1. The Morgan fingerprint density at radius 2 is 1.70 bits per heavy atom. The molecule has 4 nitrogen and oxygen atoms in total. The number of aromatic nitrogens is 2. The molecule has 0 saturated carbocycles. The molecule has 1 heterocycles. The van der Waals surface area contributed by atoms with Gasteiger partial charge in [-0.05, 0) is 41.5 Å². The van der Waals surface area contributed by atoms with Crippen molar-refractivity contribution in [3.05, 3.63) is 106 Å². The molecule has 4 rings (SSSR count). The summed E-state index contributed by atoms with van der Waals surface area (Å²) in [5, 5.41) is 0.589. The highest BCUT2D eigenvalue weighted by molar-refractivity contribution is 5.79. The summed E-state index contributed by atoms with van der Waals surface area (Å²) in [6.07, 6.45) is 3.70. The van der Waals surface area contributed by atoms with Gasteiger partial charge in [0.25, 0.3) is 5.56 Å². The summed E-state index contributed by atoms with van der Waals surface area (Å²) in [6, 6.07) is 25.1. The molecule has 4 aromatic rings. The van der Waals surface area contributed by atoms with E-state index in [2.05, 4.69) is 9.97 Å². The Bertz CT molecular complexity index is 1150. The first-order chi connectivity index (χ1) is 13.3. The third-order valence-corrected chi connectivity index (χ3v) is 4.17. The van der Waals surface area contributed by atoms with Gasteiger partial charge in [-0.1, -0.05) is 60.7 Å². The molecule has 0 atom stereocenters. The van der Waals surface area contributed by atoms with Crippen molar-refractivity contribution < 1.29 is 4.74 Å². The van der Waals surface area contributed by atoms with Crippen molar-refractivity contribution >= 4 is 23.1 Å². The molecular weight excluding hydrogens is 336 g/mol. The predicted molar refractivity (Wildman–Crippen MR) is 109 cm³/mol. The van der Waals surface area contributed by atoms with Crippen LogP contribution >= 0.6 is 0 Å². The van der Waals surface area contributed by atoms with E-state index in [0.29, 0.717) is 23.3 Å². The fourth-order valence-electron chi connectivity index (χ4n) is 2.81. The van der Waals surface area contributed by atoms with Crippen molar-refractivity contribution in [2.75, 3.05) is 0 Å². The van der Waals surface area contributed by atoms with Crippen LogP contribution in [0.15, 0.2) is 83.7 Å². The minimum absolute atomic E-state index is 0.139. The molecule has 0 spiro atoms. The molecule has 132 valence electrons. The molecule has 4 heteroatoms. The Labute approximate surface area is 156 Å². The third-order valence-electron chi connectivity index (χ3n) is 4.17. The van der Waals surface area contributed by atoms with Crippen molar-refractivity contribution in [3.8, 4) is 5.75 Å². The molecule has 3 aromatic carbocycles. The van der Waals surface area contributed by atoms with E-state index >= 15 is 0 Å². The first-order valence-corrected chi connectivity index (χ1v) is 8.72. The summed E-state index contributed by atoms with van der Waals surface area (Å²) in [5.74, 6) is 1.32. The number of fused-ring (bicyclic) bond motifs is 1. The van der Waals surface area contributed by atoms with Crippen LogP contribution in [0.4, 0.5) is 0 Å². The Balaban J connectivity index is 1.52. The number of para-hydroxylation sites is 1. The van der Waals surface area contributed by atoms with Gasteiger partial charge in [0.05, 0.1) is 10.9 Å². The zero-order chi connectivity index (χ0) is 18.5. The summed E-state index contributed by atoms with van der Waals surface area (Å²) in [6.45, 7) is 0.521. The standard InChI is InChI=1S/C23H18N2O2/c26-23-20-11-4-5-12-21(20)24-22(25-23)14-13-17-9-6-10-19(15-17)27-16-18-7-2-1-3-8-18/h1-15H,16H2,(H,24,25,26)/b14-13+. The maximum absolute atomic E-state index is 12.1. The van der Waals surface area contributed by atoms with E-state index < -0.39 is 0 Å². The molecule has 1 N–H and O–H groups in total. The number of H-pyrrole nitrogens is 1. The van der Waals surface area contributed by atoms with Gasteiger partial charge < -0.3 is 9.72 Å². The summed E-state index contributed by atoms with van der Waals surface area (Å²) in [4.78, 5) is 19.4. The number of hydrogen-bond acceptors (Lipinski definition) is 3. The molecule has 0 fully saturated rings. The SMILES string of the molecule is O=c1[nH]c(/C=C/c2cccc(OCc3ccccc3)c2)nc2ccccc12. The second kappa shape index (κ2) is 7.70. The van der Waals surface area contributed by atoms with Crippen LogP contribution in [0.3, 0.4) is 0 Å². The largest absolute Gasteiger partial charge is 0.489 e. The normalized spacial score (nSPS) is 11.1. The van der Waals surface area contributed by atoms with Gasteiger partial charge in [0, 0.05) is 0 Å². The molecule has 0 radical (unpaired) electrons. The van der Waals surface area contributed by atoms with Gasteiger partial charge in [-0.15, -0.1) is 0 Å². The summed E-state index contributed by atoms with van der Waals surface area (Å²) in [5.41, 5.74) is 2.63. The second-order valence-electron chi connectivity index (χ2n) is 6.15. The summed E-state index contributed by atoms with van der Waals surface area (Å²) >= 11 is 0. The van der Waals surface area contributed by atoms with E-state index in [1.54, 1.807) is 12.1 Å². The van der Waals surface area contributed by atoms with Gasteiger partial charge in [-0.2, -0.15) is 0 Å². The van der Waals surface area contributed by atoms with E-state index in [1.165, 1.54) is 0 Å². The second-order valence-corrected chi connectivity index (χ2v) is 6.15. The maximum atomic E-state index is 12.1. The van der Waals surface area contributed by atoms with Gasteiger partial charge in [0.15, 0.2) is 0 Å². The average Bonchev–Trinajstić information content (AvgIpc) is 2.72. The summed E-state index contributed by atoms with van der Waals surface area (Å²) < 4.78 is 5.85. The molecule has 0 amide bonds. The van der Waals surface area contributed by atoms with Crippen LogP contribution in [-0.4, -0.2) is 9.97 Å². The lowest BCUT2D eigenvalue weighted by Crippen LogP contribution is -2.09. The van der Waals surface area contributed by atoms with E-state index in [4.69, 9.17) is 4.74 Å². The van der Waals surface area contributed by atoms with E-state index in [9.17, 15) is 4.79 Å². The quantitative estimate of drug-likeness (QED) is 0.566. The minimum Gasteiger partial charge on any atom is -0.489 e. The van der Waals surface area contributed by atoms with Crippen LogP contribution in [0, 0.1) is 0 Å². The van der Waals surface area contributed by atoms with E-state index in [1.807, 2.05) is 78.9 Å². The van der Waals surface area contributed by atoms with Crippen LogP contribution in [0.5, 0.6) is 5.75 Å². The van der Waals surface area contributed by atoms with E-state index in [0.717, 1.165) is 16.9 Å². The smallest absolute Gasteiger partial charge is 0.259 e. The van der Waals surface area contributed by atoms with Gasteiger partial charge >= 0.3 is 0 Å². The number of nitrogens with one attached hydrogen (secondary N) is 1. The minimum atomic E-state index is -0.139. The zero-order valence-corrected chi connectivity index (χ0v) is 14.6. The van der Waals surface area contributed by atoms with Crippen molar-refractivity contribution in [2.24, 2.45) is 0 Å². The van der Waals surface area contributed by atoms with Crippen molar-refractivity contribution in [2.45, 2.75) is 6.61 Å². The Hall–Kier alpha value is -3.66. The highest BCUT2D eigenvalue weighted by Gasteiger charge is 2.01. The van der Waals surface area contributed by atoms with Crippen molar-refractivity contribution in [1.29, 1.82) is 0 Å². The predicted octanol–water partition coefficient (Wildman–Crippen LogP) is 4.67. The molecule has 0 aliphatic carbocycles. The van der Waals surface area contributed by atoms with Gasteiger partial charge in [0.1, 0.15) is 18.2 Å². The first kappa shape index (κ1) is 16.8. The number of rotatable bonds is 5. The van der Waals surface area contributed by atoms with E-state index in [-0.39, 0.29) is 5.56 Å². The molecule has 0 bridgehead atoms. The fourth-order valence-corrected chi connectivity index (χ4v) is 2.81. The highest BCUT2D eigenvalue weighted by Crippen LogP contribution is 2.17. The average molecular weight is 354 g/mol. The fraction of sp³-hybridized carbons (Fsp3) is 0.0435. The van der Waals surface area contributed by atoms with Crippen LogP contribution in [0.1, 0.15) is 17.0 Å². The monoisotopic (exact) mass is 354 g/mol. The van der Waals surface area contributed by atoms with Gasteiger partial charge in [0.2, 0.25) is 0 Å². The van der Waals surface area contributed by atoms with Crippen LogP contribution < -0.4 is 10.3 Å². The zero-order valence-electron chi connectivity index (χ0n) is 14.6. The van der Waals surface area contributed by atoms with Gasteiger partial charge in [-0.25, -0.2) is 4.98 Å².